The van der Waals surface area contributed by atoms with Crippen LogP contribution in [0, 0.1) is 45.3 Å². The van der Waals surface area contributed by atoms with Gasteiger partial charge in [0.1, 0.15) is 6.10 Å². The highest BCUT2D eigenvalue weighted by Gasteiger charge is 2.70. The van der Waals surface area contributed by atoms with E-state index >= 15 is 0 Å². The number of rotatable bonds is 17. The molecule has 0 bridgehead atoms. The summed E-state index contributed by atoms with van der Waals surface area (Å²) in [4.78, 5) is 13.2. The monoisotopic (exact) mass is 699 g/mol. The van der Waals surface area contributed by atoms with Gasteiger partial charge in [-0.05, 0) is 131 Å². The van der Waals surface area contributed by atoms with Gasteiger partial charge in [-0.25, -0.2) is 0 Å². The van der Waals surface area contributed by atoms with Crippen LogP contribution in [0.4, 0.5) is 0 Å². The van der Waals surface area contributed by atoms with Crippen molar-refractivity contribution in [1.82, 2.24) is 0 Å². The average molecular weight is 699 g/mol. The number of ether oxygens (including phenoxy) is 2. The molecule has 4 heteroatoms. The van der Waals surface area contributed by atoms with Crippen LogP contribution in [0.15, 0.2) is 0 Å². The number of carbonyl (C=O) groups excluding carboxylic acids is 1. The van der Waals surface area contributed by atoms with E-state index in [0.717, 1.165) is 38.0 Å². The van der Waals surface area contributed by atoms with Gasteiger partial charge >= 0.3 is 5.97 Å². The maximum Gasteiger partial charge on any atom is 0.306 e. The first-order valence-electron chi connectivity index (χ1n) is 22.1. The van der Waals surface area contributed by atoms with Crippen molar-refractivity contribution in [3.05, 3.63) is 0 Å². The Bertz CT molecular complexity index is 1110. The van der Waals surface area contributed by atoms with E-state index in [4.69, 9.17) is 9.47 Å². The van der Waals surface area contributed by atoms with Crippen molar-refractivity contribution in [1.29, 1.82) is 0 Å². The molecule has 1 aliphatic heterocycles. The summed E-state index contributed by atoms with van der Waals surface area (Å²) in [5.74, 6) is 2.65. The highest BCUT2D eigenvalue weighted by atomic mass is 16.5. The minimum absolute atomic E-state index is 0.00717. The lowest BCUT2D eigenvalue weighted by Crippen LogP contribution is -2.64. The molecule has 4 nitrogen and oxygen atoms in total. The van der Waals surface area contributed by atoms with Crippen molar-refractivity contribution >= 4 is 5.97 Å². The third-order valence-electron chi connectivity index (χ3n) is 17.0. The second-order valence-corrected chi connectivity index (χ2v) is 20.8. The van der Waals surface area contributed by atoms with E-state index in [1.165, 1.54) is 116 Å². The van der Waals surface area contributed by atoms with Crippen LogP contribution in [0.25, 0.3) is 0 Å². The number of esters is 1. The minimum atomic E-state index is -0.775. The summed E-state index contributed by atoms with van der Waals surface area (Å²) in [6.07, 6.45) is 29.9. The predicted octanol–water partition coefficient (Wildman–Crippen LogP) is 12.8. The molecule has 4 aliphatic carbocycles. The van der Waals surface area contributed by atoms with Gasteiger partial charge in [0, 0.05) is 11.8 Å². The van der Waals surface area contributed by atoms with Gasteiger partial charge in [-0.2, -0.15) is 0 Å². The molecular weight excluding hydrogens is 617 g/mol. The fourth-order valence-corrected chi connectivity index (χ4v) is 13.8. The summed E-state index contributed by atoms with van der Waals surface area (Å²) >= 11 is 0. The lowest BCUT2D eigenvalue weighted by Gasteiger charge is -2.70. The maximum atomic E-state index is 13.2. The van der Waals surface area contributed by atoms with Gasteiger partial charge in [0.2, 0.25) is 0 Å². The van der Waals surface area contributed by atoms with Gasteiger partial charge < -0.3 is 14.6 Å². The molecular formula is C46H82O4. The standard InChI is InChI=1S/C46H82O4/c1-10-11-12-13-14-15-16-17-18-19-20-21-22-23-40(47)49-38-28-30-43(6)36(41(38,2)3)27-32-45(8)37(43)25-24-34-35(26-31-44(34,45)7)46(9)33-29-39(50-46)42(4,5)48/h34-39,48H,10-33H2,1-9H3/t34-,35+,36+,37-,38+,39+,43+,44-,45-,46+/m1/s1. The highest BCUT2D eigenvalue weighted by Crippen LogP contribution is 2.76. The molecule has 0 aromatic rings. The molecule has 5 rings (SSSR count). The zero-order valence-corrected chi connectivity index (χ0v) is 34.6. The first-order valence-corrected chi connectivity index (χ1v) is 22.1. The second-order valence-electron chi connectivity index (χ2n) is 20.8. The quantitative estimate of drug-likeness (QED) is 0.121. The summed E-state index contributed by atoms with van der Waals surface area (Å²) in [5.41, 5.74) is 0.0632. The van der Waals surface area contributed by atoms with Crippen molar-refractivity contribution < 1.29 is 19.4 Å². The van der Waals surface area contributed by atoms with E-state index in [1.807, 2.05) is 13.8 Å². The molecule has 10 atom stereocenters. The van der Waals surface area contributed by atoms with Crippen LogP contribution in [0.5, 0.6) is 0 Å². The Hall–Kier alpha value is -0.610. The van der Waals surface area contributed by atoms with Crippen molar-refractivity contribution in [2.45, 2.75) is 240 Å². The minimum Gasteiger partial charge on any atom is -0.462 e. The van der Waals surface area contributed by atoms with Crippen molar-refractivity contribution in [2.24, 2.45) is 45.3 Å². The average Bonchev–Trinajstić information content (AvgIpc) is 3.63. The zero-order valence-electron chi connectivity index (χ0n) is 34.6. The zero-order chi connectivity index (χ0) is 36.4. The molecule has 0 spiro atoms. The number of hydrogen-bond acceptors (Lipinski definition) is 4. The third kappa shape index (κ3) is 7.93. The van der Waals surface area contributed by atoms with Gasteiger partial charge in [-0.15, -0.1) is 0 Å². The van der Waals surface area contributed by atoms with Crippen LogP contribution in [-0.2, 0) is 14.3 Å². The van der Waals surface area contributed by atoms with E-state index in [1.54, 1.807) is 0 Å². The fourth-order valence-electron chi connectivity index (χ4n) is 13.8. The van der Waals surface area contributed by atoms with Gasteiger partial charge in [0.05, 0.1) is 17.3 Å². The molecule has 0 aromatic heterocycles. The summed E-state index contributed by atoms with van der Waals surface area (Å²) in [6, 6.07) is 0. The summed E-state index contributed by atoms with van der Waals surface area (Å²) < 4.78 is 13.2. The van der Waals surface area contributed by atoms with Gasteiger partial charge in [-0.1, -0.05) is 119 Å². The van der Waals surface area contributed by atoms with E-state index in [-0.39, 0.29) is 29.2 Å². The molecule has 290 valence electrons. The second kappa shape index (κ2) is 16.0. The maximum absolute atomic E-state index is 13.2. The number of unbranched alkanes of at least 4 members (excludes halogenated alkanes) is 12. The normalized spacial score (nSPS) is 41.0. The number of hydrogen-bond donors (Lipinski definition) is 1. The third-order valence-corrected chi connectivity index (χ3v) is 17.0. The van der Waals surface area contributed by atoms with Gasteiger partial charge in [0.25, 0.3) is 0 Å². The smallest absolute Gasteiger partial charge is 0.306 e. The Balaban J connectivity index is 1.10. The van der Waals surface area contributed by atoms with E-state index in [2.05, 4.69) is 48.5 Å². The van der Waals surface area contributed by atoms with Crippen molar-refractivity contribution in [3.8, 4) is 0 Å². The van der Waals surface area contributed by atoms with Crippen LogP contribution in [0.3, 0.4) is 0 Å². The molecule has 50 heavy (non-hydrogen) atoms. The fraction of sp³-hybridized carbons (Fsp3) is 0.978. The molecule has 4 saturated carbocycles. The van der Waals surface area contributed by atoms with Crippen LogP contribution in [-0.4, -0.2) is 34.5 Å². The predicted molar refractivity (Wildman–Crippen MR) is 208 cm³/mol. The number of carbonyl (C=O) groups is 1. The molecule has 1 N–H and O–H groups in total. The number of aliphatic hydroxyl groups is 1. The molecule has 0 unspecified atom stereocenters. The molecule has 0 aromatic carbocycles. The Morgan fingerprint density at radius 2 is 1.24 bits per heavy atom. The molecule has 1 saturated heterocycles. The first kappa shape index (κ1) is 40.6. The van der Waals surface area contributed by atoms with Crippen LogP contribution in [0.1, 0.15) is 216 Å². The van der Waals surface area contributed by atoms with E-state index in [9.17, 15) is 9.90 Å². The molecule has 1 heterocycles. The topological polar surface area (TPSA) is 55.8 Å². The van der Waals surface area contributed by atoms with Gasteiger partial charge in [0.15, 0.2) is 0 Å². The summed E-state index contributed by atoms with van der Waals surface area (Å²) in [5, 5.41) is 10.8. The number of fused-ring (bicyclic) bond motifs is 5. The van der Waals surface area contributed by atoms with Crippen LogP contribution in [0.2, 0.25) is 0 Å². The molecule has 0 amide bonds. The Labute approximate surface area is 309 Å². The lowest BCUT2D eigenvalue weighted by atomic mass is 9.35. The van der Waals surface area contributed by atoms with Crippen LogP contribution < -0.4 is 0 Å². The molecule has 0 radical (unpaired) electrons. The Morgan fingerprint density at radius 1 is 0.660 bits per heavy atom. The van der Waals surface area contributed by atoms with Crippen molar-refractivity contribution in [3.63, 3.8) is 0 Å². The van der Waals surface area contributed by atoms with E-state index in [0.29, 0.717) is 40.4 Å². The van der Waals surface area contributed by atoms with Crippen molar-refractivity contribution in [2.75, 3.05) is 0 Å². The first-order chi connectivity index (χ1) is 23.5. The SMILES string of the molecule is CCCCCCCCCCCCCCCC(=O)O[C@H]1CC[C@]2(C)[C@H]3CC[C@@H]4[C@@H]([C@]5(C)CC[C@@H](C(C)(C)O)O5)CC[C@@]4(C)[C@]3(C)CC[C@H]2C1(C)C. The molecule has 5 fully saturated rings. The molecule has 5 aliphatic rings. The van der Waals surface area contributed by atoms with E-state index < -0.39 is 5.60 Å². The highest BCUT2D eigenvalue weighted by molar-refractivity contribution is 5.69. The summed E-state index contributed by atoms with van der Waals surface area (Å²) in [6.45, 7) is 21.4. The summed E-state index contributed by atoms with van der Waals surface area (Å²) in [7, 11) is 0. The lowest BCUT2D eigenvalue weighted by molar-refractivity contribution is -0.231. The van der Waals surface area contributed by atoms with Gasteiger partial charge in [-0.3, -0.25) is 4.79 Å². The Morgan fingerprint density at radius 3 is 1.82 bits per heavy atom. The largest absolute Gasteiger partial charge is 0.462 e. The van der Waals surface area contributed by atoms with Crippen LogP contribution >= 0.6 is 0 Å². The Kier molecular flexibility index (Phi) is 13.0.